The van der Waals surface area contributed by atoms with Crippen LogP contribution in [0.1, 0.15) is 44.2 Å². The van der Waals surface area contributed by atoms with Gasteiger partial charge in [0.2, 0.25) is 0 Å². The van der Waals surface area contributed by atoms with Crippen LogP contribution in [-0.4, -0.2) is 19.3 Å². The lowest BCUT2D eigenvalue weighted by Gasteiger charge is -2.19. The van der Waals surface area contributed by atoms with Crippen molar-refractivity contribution in [3.63, 3.8) is 0 Å². The van der Waals surface area contributed by atoms with E-state index in [0.29, 0.717) is 22.2 Å². The maximum atomic E-state index is 6.07. The highest BCUT2D eigenvalue weighted by Crippen LogP contribution is 2.27. The molecule has 1 aromatic rings. The Kier molecular flexibility index (Phi) is 5.96. The third-order valence-corrected chi connectivity index (χ3v) is 4.37. The number of nitrogens with one attached hydrogen (secondary N) is 1. The Bertz CT molecular complexity index is 405. The third kappa shape index (κ3) is 4.35. The van der Waals surface area contributed by atoms with E-state index >= 15 is 0 Å². The zero-order valence-electron chi connectivity index (χ0n) is 11.3. The van der Waals surface area contributed by atoms with Crippen molar-refractivity contribution in [3.8, 4) is 0 Å². The lowest BCUT2D eigenvalue weighted by atomic mass is 10.0. The van der Waals surface area contributed by atoms with Crippen LogP contribution in [0.3, 0.4) is 0 Å². The molecule has 1 aromatic carbocycles. The molecule has 1 heterocycles. The lowest BCUT2D eigenvalue weighted by molar-refractivity contribution is 0.103. The second kappa shape index (κ2) is 7.49. The average Bonchev–Trinajstić information content (AvgIpc) is 2.91. The maximum absolute atomic E-state index is 6.07. The topological polar surface area (TPSA) is 21.3 Å². The van der Waals surface area contributed by atoms with Crippen molar-refractivity contribution in [2.24, 2.45) is 0 Å². The molecular formula is C15H21Cl2NO. The van der Waals surface area contributed by atoms with E-state index in [2.05, 4.69) is 12.2 Å². The number of benzene rings is 1. The minimum absolute atomic E-state index is 0.330. The van der Waals surface area contributed by atoms with Gasteiger partial charge in [-0.05, 0) is 49.9 Å². The fourth-order valence-electron chi connectivity index (χ4n) is 2.52. The van der Waals surface area contributed by atoms with Crippen molar-refractivity contribution in [2.75, 3.05) is 13.2 Å². The molecular weight excluding hydrogens is 281 g/mol. The van der Waals surface area contributed by atoms with Gasteiger partial charge in [-0.2, -0.15) is 0 Å². The molecule has 1 aliphatic heterocycles. The first-order chi connectivity index (χ1) is 9.20. The first-order valence-electron chi connectivity index (χ1n) is 7.00. The van der Waals surface area contributed by atoms with Gasteiger partial charge in [0, 0.05) is 12.6 Å². The molecule has 1 saturated heterocycles. The van der Waals surface area contributed by atoms with E-state index in [0.717, 1.165) is 26.0 Å². The number of ether oxygens (including phenoxy) is 1. The summed E-state index contributed by atoms with van der Waals surface area (Å²) in [5.41, 5.74) is 1.20. The molecule has 0 aromatic heterocycles. The van der Waals surface area contributed by atoms with Gasteiger partial charge < -0.3 is 10.1 Å². The Morgan fingerprint density at radius 3 is 2.84 bits per heavy atom. The molecule has 2 atom stereocenters. The summed E-state index contributed by atoms with van der Waals surface area (Å²) in [4.78, 5) is 0. The molecule has 2 rings (SSSR count). The van der Waals surface area contributed by atoms with Crippen LogP contribution in [0.2, 0.25) is 10.0 Å². The summed E-state index contributed by atoms with van der Waals surface area (Å²) in [5, 5.41) is 4.81. The number of rotatable bonds is 6. The molecule has 0 radical (unpaired) electrons. The van der Waals surface area contributed by atoms with Crippen molar-refractivity contribution < 1.29 is 4.74 Å². The van der Waals surface area contributed by atoms with Crippen molar-refractivity contribution >= 4 is 23.2 Å². The summed E-state index contributed by atoms with van der Waals surface area (Å²) in [5.74, 6) is 0. The minimum Gasteiger partial charge on any atom is -0.378 e. The van der Waals surface area contributed by atoms with E-state index in [1.807, 2.05) is 18.2 Å². The van der Waals surface area contributed by atoms with Crippen molar-refractivity contribution in [1.82, 2.24) is 5.32 Å². The van der Waals surface area contributed by atoms with E-state index < -0.39 is 0 Å². The summed E-state index contributed by atoms with van der Waals surface area (Å²) < 4.78 is 5.63. The summed E-state index contributed by atoms with van der Waals surface area (Å²) in [6, 6.07) is 6.19. The van der Waals surface area contributed by atoms with Crippen molar-refractivity contribution in [2.45, 2.75) is 44.8 Å². The minimum atomic E-state index is 0.330. The first-order valence-corrected chi connectivity index (χ1v) is 7.76. The largest absolute Gasteiger partial charge is 0.378 e. The summed E-state index contributed by atoms with van der Waals surface area (Å²) in [7, 11) is 0. The van der Waals surface area contributed by atoms with Crippen LogP contribution in [0.5, 0.6) is 0 Å². The lowest BCUT2D eigenvalue weighted by Crippen LogP contribution is -2.24. The van der Waals surface area contributed by atoms with Crippen molar-refractivity contribution in [3.05, 3.63) is 33.8 Å². The van der Waals surface area contributed by atoms with E-state index in [1.165, 1.54) is 18.4 Å². The molecule has 1 fully saturated rings. The monoisotopic (exact) mass is 301 g/mol. The van der Waals surface area contributed by atoms with E-state index in [4.69, 9.17) is 27.9 Å². The zero-order chi connectivity index (χ0) is 13.7. The molecule has 2 nitrogen and oxygen atoms in total. The fourth-order valence-corrected chi connectivity index (χ4v) is 2.82. The van der Waals surface area contributed by atoms with Crippen LogP contribution in [0.4, 0.5) is 0 Å². The van der Waals surface area contributed by atoms with Crippen LogP contribution in [0.15, 0.2) is 18.2 Å². The number of halogens is 2. The standard InChI is InChI=1S/C15H21Cl2NO/c1-2-15(11-5-6-13(16)14(17)10-11)18-8-7-12-4-3-9-19-12/h5-6,10,12,15,18H,2-4,7-9H2,1H3. The Hall–Kier alpha value is -0.280. The van der Waals surface area contributed by atoms with Gasteiger partial charge >= 0.3 is 0 Å². The average molecular weight is 302 g/mol. The third-order valence-electron chi connectivity index (χ3n) is 3.64. The maximum Gasteiger partial charge on any atom is 0.0595 e. The van der Waals surface area contributed by atoms with Gasteiger partial charge in [0.05, 0.1) is 16.1 Å². The highest BCUT2D eigenvalue weighted by molar-refractivity contribution is 6.42. The van der Waals surface area contributed by atoms with Gasteiger partial charge in [-0.25, -0.2) is 0 Å². The number of hydrogen-bond donors (Lipinski definition) is 1. The predicted molar refractivity (Wildman–Crippen MR) is 81.1 cm³/mol. The molecule has 0 bridgehead atoms. The zero-order valence-corrected chi connectivity index (χ0v) is 12.8. The van der Waals surface area contributed by atoms with Crippen LogP contribution in [-0.2, 0) is 4.74 Å². The first kappa shape index (κ1) is 15.1. The van der Waals surface area contributed by atoms with Crippen LogP contribution in [0.25, 0.3) is 0 Å². The van der Waals surface area contributed by atoms with Crippen molar-refractivity contribution in [1.29, 1.82) is 0 Å². The van der Waals surface area contributed by atoms with Gasteiger partial charge in [-0.3, -0.25) is 0 Å². The molecule has 0 saturated carbocycles. The summed E-state index contributed by atoms with van der Waals surface area (Å²) in [6.45, 7) is 4.07. The van der Waals surface area contributed by atoms with E-state index in [1.54, 1.807) is 0 Å². The van der Waals surface area contributed by atoms with E-state index in [-0.39, 0.29) is 0 Å². The Morgan fingerprint density at radius 1 is 1.37 bits per heavy atom. The summed E-state index contributed by atoms with van der Waals surface area (Å²) >= 11 is 12.0. The molecule has 0 aliphatic carbocycles. The Balaban J connectivity index is 1.86. The fraction of sp³-hybridized carbons (Fsp3) is 0.600. The Morgan fingerprint density at radius 2 is 2.21 bits per heavy atom. The molecule has 19 heavy (non-hydrogen) atoms. The smallest absolute Gasteiger partial charge is 0.0595 e. The SMILES string of the molecule is CCC(NCCC1CCCO1)c1ccc(Cl)c(Cl)c1. The van der Waals surface area contributed by atoms with Gasteiger partial charge in [-0.1, -0.05) is 36.2 Å². The summed E-state index contributed by atoms with van der Waals surface area (Å²) in [6.07, 6.45) is 4.96. The Labute approximate surface area is 125 Å². The molecule has 0 amide bonds. The van der Waals surface area contributed by atoms with Crippen LogP contribution in [0, 0.1) is 0 Å². The second-order valence-corrected chi connectivity index (χ2v) is 5.83. The highest BCUT2D eigenvalue weighted by Gasteiger charge is 2.16. The van der Waals surface area contributed by atoms with Gasteiger partial charge in [-0.15, -0.1) is 0 Å². The predicted octanol–water partition coefficient (Wildman–Crippen LogP) is 4.60. The molecule has 4 heteroatoms. The van der Waals surface area contributed by atoms with Crippen LogP contribution < -0.4 is 5.32 Å². The molecule has 1 aliphatic rings. The van der Waals surface area contributed by atoms with E-state index in [9.17, 15) is 0 Å². The van der Waals surface area contributed by atoms with Crippen LogP contribution >= 0.6 is 23.2 Å². The molecule has 106 valence electrons. The quantitative estimate of drug-likeness (QED) is 0.829. The normalized spacial score (nSPS) is 20.7. The highest BCUT2D eigenvalue weighted by atomic mass is 35.5. The second-order valence-electron chi connectivity index (χ2n) is 5.01. The molecule has 0 spiro atoms. The molecule has 2 unspecified atom stereocenters. The number of hydrogen-bond acceptors (Lipinski definition) is 2. The molecule has 1 N–H and O–H groups in total. The van der Waals surface area contributed by atoms with Gasteiger partial charge in [0.1, 0.15) is 0 Å². The van der Waals surface area contributed by atoms with Gasteiger partial charge in [0.25, 0.3) is 0 Å². The van der Waals surface area contributed by atoms with Gasteiger partial charge in [0.15, 0.2) is 0 Å².